The number of halogens is 1. The maximum atomic E-state index is 14.0. The minimum atomic E-state index is -0.458. The second-order valence-electron chi connectivity index (χ2n) is 3.96. The van der Waals surface area contributed by atoms with Crippen LogP contribution in [-0.2, 0) is 0 Å². The Bertz CT molecular complexity index is 586. The minimum Gasteiger partial charge on any atom is -0.497 e. The van der Waals surface area contributed by atoms with Gasteiger partial charge in [-0.25, -0.2) is 4.39 Å². The first-order valence-corrected chi connectivity index (χ1v) is 5.66. The Morgan fingerprint density at radius 3 is 2.11 bits per heavy atom. The second-order valence-corrected chi connectivity index (χ2v) is 3.96. The quantitative estimate of drug-likeness (QED) is 0.791. The fourth-order valence-electron chi connectivity index (χ4n) is 1.80. The molecule has 0 atom stereocenters. The van der Waals surface area contributed by atoms with Crippen molar-refractivity contribution < 1.29 is 18.7 Å². The van der Waals surface area contributed by atoms with Crippen molar-refractivity contribution >= 4 is 6.29 Å². The van der Waals surface area contributed by atoms with E-state index in [0.717, 1.165) is 0 Å². The Morgan fingerprint density at radius 1 is 1.00 bits per heavy atom. The minimum absolute atomic E-state index is 0.302. The summed E-state index contributed by atoms with van der Waals surface area (Å²) >= 11 is 0. The lowest BCUT2D eigenvalue weighted by molar-refractivity contribution is 0.112. The van der Waals surface area contributed by atoms with Crippen LogP contribution in [0.4, 0.5) is 4.39 Å². The molecule has 0 amide bonds. The zero-order valence-electron chi connectivity index (χ0n) is 10.6. The Hall–Kier alpha value is -2.36. The summed E-state index contributed by atoms with van der Waals surface area (Å²) in [7, 11) is 3.06. The molecule has 98 valence electrons. The molecule has 0 aromatic heterocycles. The van der Waals surface area contributed by atoms with E-state index in [4.69, 9.17) is 9.47 Å². The maximum Gasteiger partial charge on any atom is 0.150 e. The Balaban J connectivity index is 2.54. The average molecular weight is 260 g/mol. The fraction of sp³-hybridized carbons (Fsp3) is 0.133. The number of carbonyl (C=O) groups is 1. The van der Waals surface area contributed by atoms with Gasteiger partial charge in [0.1, 0.15) is 23.6 Å². The molecule has 0 saturated heterocycles. The van der Waals surface area contributed by atoms with Gasteiger partial charge in [-0.1, -0.05) is 12.1 Å². The van der Waals surface area contributed by atoms with Gasteiger partial charge in [-0.2, -0.15) is 0 Å². The molecule has 0 heterocycles. The Labute approximate surface area is 110 Å². The molecule has 0 aliphatic heterocycles. The first-order valence-electron chi connectivity index (χ1n) is 5.66. The van der Waals surface area contributed by atoms with E-state index in [2.05, 4.69) is 0 Å². The number of rotatable bonds is 4. The summed E-state index contributed by atoms with van der Waals surface area (Å²) in [6.07, 6.45) is 0.610. The molecule has 0 unspecified atom stereocenters. The summed E-state index contributed by atoms with van der Waals surface area (Å²) in [5, 5.41) is 0. The van der Waals surface area contributed by atoms with Crippen molar-refractivity contribution in [3.8, 4) is 22.6 Å². The molecular formula is C15H13FO3. The van der Waals surface area contributed by atoms with Crippen molar-refractivity contribution in [1.82, 2.24) is 0 Å². The van der Waals surface area contributed by atoms with Gasteiger partial charge >= 0.3 is 0 Å². The van der Waals surface area contributed by atoms with E-state index < -0.39 is 5.82 Å². The highest BCUT2D eigenvalue weighted by Gasteiger charge is 2.09. The van der Waals surface area contributed by atoms with Gasteiger partial charge in [-0.15, -0.1) is 0 Å². The third-order valence-electron chi connectivity index (χ3n) is 2.79. The van der Waals surface area contributed by atoms with Crippen molar-refractivity contribution in [2.75, 3.05) is 14.2 Å². The van der Waals surface area contributed by atoms with Crippen molar-refractivity contribution in [3.05, 3.63) is 47.8 Å². The molecule has 0 aliphatic rings. The zero-order chi connectivity index (χ0) is 13.8. The van der Waals surface area contributed by atoms with E-state index in [1.807, 2.05) is 0 Å². The summed E-state index contributed by atoms with van der Waals surface area (Å²) in [4.78, 5) is 10.6. The topological polar surface area (TPSA) is 35.5 Å². The van der Waals surface area contributed by atoms with Crippen LogP contribution in [0.5, 0.6) is 11.5 Å². The van der Waals surface area contributed by atoms with Crippen LogP contribution in [-0.4, -0.2) is 20.5 Å². The molecule has 0 spiro atoms. The highest BCUT2D eigenvalue weighted by molar-refractivity contribution is 5.77. The highest BCUT2D eigenvalue weighted by atomic mass is 19.1. The molecule has 0 radical (unpaired) electrons. The maximum absolute atomic E-state index is 14.0. The number of benzene rings is 2. The third-order valence-corrected chi connectivity index (χ3v) is 2.79. The van der Waals surface area contributed by atoms with Gasteiger partial charge < -0.3 is 9.47 Å². The molecule has 2 aromatic carbocycles. The van der Waals surface area contributed by atoms with Crippen LogP contribution in [0.1, 0.15) is 10.4 Å². The summed E-state index contributed by atoms with van der Waals surface area (Å²) in [6, 6.07) is 9.46. The van der Waals surface area contributed by atoms with Crippen LogP contribution < -0.4 is 9.47 Å². The number of ether oxygens (including phenoxy) is 2. The number of hydrogen-bond acceptors (Lipinski definition) is 3. The first-order chi connectivity index (χ1) is 9.17. The van der Waals surface area contributed by atoms with Crippen LogP contribution >= 0.6 is 0 Å². The number of methoxy groups -OCH3 is 2. The van der Waals surface area contributed by atoms with Gasteiger partial charge in [-0.05, 0) is 23.8 Å². The molecular weight excluding hydrogens is 247 g/mol. The predicted octanol–water partition coefficient (Wildman–Crippen LogP) is 3.32. The molecule has 0 N–H and O–H groups in total. The molecule has 2 rings (SSSR count). The lowest BCUT2D eigenvalue weighted by Crippen LogP contribution is -1.91. The number of aldehydes is 1. The van der Waals surface area contributed by atoms with Crippen LogP contribution in [0, 0.1) is 5.82 Å². The lowest BCUT2D eigenvalue weighted by atomic mass is 10.0. The molecule has 3 nitrogen and oxygen atoms in total. The number of hydrogen-bond donors (Lipinski definition) is 0. The zero-order valence-corrected chi connectivity index (χ0v) is 10.6. The van der Waals surface area contributed by atoms with Gasteiger partial charge in [0, 0.05) is 17.2 Å². The summed E-state index contributed by atoms with van der Waals surface area (Å²) < 4.78 is 24.2. The van der Waals surface area contributed by atoms with Gasteiger partial charge in [0.25, 0.3) is 0 Å². The molecule has 4 heteroatoms. The summed E-state index contributed by atoms with van der Waals surface area (Å²) in [6.45, 7) is 0. The predicted molar refractivity (Wildman–Crippen MR) is 70.3 cm³/mol. The van der Waals surface area contributed by atoms with Crippen LogP contribution in [0.15, 0.2) is 36.4 Å². The Kier molecular flexibility index (Phi) is 3.80. The molecule has 0 saturated carbocycles. The molecule has 0 fully saturated rings. The lowest BCUT2D eigenvalue weighted by Gasteiger charge is -2.09. The smallest absolute Gasteiger partial charge is 0.150 e. The van der Waals surface area contributed by atoms with Gasteiger partial charge in [-0.3, -0.25) is 4.79 Å². The Morgan fingerprint density at radius 2 is 1.63 bits per heavy atom. The van der Waals surface area contributed by atoms with Crippen LogP contribution in [0.25, 0.3) is 11.1 Å². The van der Waals surface area contributed by atoms with E-state index in [0.29, 0.717) is 34.5 Å². The first kappa shape index (κ1) is 13.1. The highest BCUT2D eigenvalue weighted by Crippen LogP contribution is 2.31. The van der Waals surface area contributed by atoms with Crippen molar-refractivity contribution in [3.63, 3.8) is 0 Å². The molecule has 19 heavy (non-hydrogen) atoms. The average Bonchev–Trinajstić information content (AvgIpc) is 2.46. The van der Waals surface area contributed by atoms with E-state index in [1.54, 1.807) is 30.3 Å². The fourth-order valence-corrected chi connectivity index (χ4v) is 1.80. The van der Waals surface area contributed by atoms with E-state index in [-0.39, 0.29) is 0 Å². The van der Waals surface area contributed by atoms with Gasteiger partial charge in [0.15, 0.2) is 0 Å². The monoisotopic (exact) mass is 260 g/mol. The van der Waals surface area contributed by atoms with E-state index in [9.17, 15) is 9.18 Å². The molecule has 0 aliphatic carbocycles. The van der Waals surface area contributed by atoms with E-state index >= 15 is 0 Å². The van der Waals surface area contributed by atoms with Gasteiger partial charge in [0.2, 0.25) is 0 Å². The van der Waals surface area contributed by atoms with Crippen LogP contribution in [0.2, 0.25) is 0 Å². The summed E-state index contributed by atoms with van der Waals surface area (Å²) in [5.41, 5.74) is 1.32. The largest absolute Gasteiger partial charge is 0.497 e. The normalized spacial score (nSPS) is 10.1. The third kappa shape index (κ3) is 2.73. The van der Waals surface area contributed by atoms with Crippen molar-refractivity contribution in [1.29, 1.82) is 0 Å². The standard InChI is InChI=1S/C15H13FO3/c1-18-12-6-11(7-13(8-12)19-2)14-4-3-10(9-17)5-15(14)16/h3-9H,1-2H3. The van der Waals surface area contributed by atoms with Crippen molar-refractivity contribution in [2.45, 2.75) is 0 Å². The SMILES string of the molecule is COc1cc(OC)cc(-c2ccc(C=O)cc2F)c1. The number of carbonyl (C=O) groups excluding carboxylic acids is 1. The van der Waals surface area contributed by atoms with Crippen LogP contribution in [0.3, 0.4) is 0 Å². The second kappa shape index (κ2) is 5.52. The van der Waals surface area contributed by atoms with Crippen molar-refractivity contribution in [2.24, 2.45) is 0 Å². The summed E-state index contributed by atoms with van der Waals surface area (Å²) in [5.74, 6) is 0.696. The molecule has 2 aromatic rings. The molecule has 0 bridgehead atoms. The van der Waals surface area contributed by atoms with Gasteiger partial charge in [0.05, 0.1) is 14.2 Å². The van der Waals surface area contributed by atoms with E-state index in [1.165, 1.54) is 20.3 Å².